The minimum absolute atomic E-state index is 0.0714. The number of benzene rings is 1. The molecule has 0 bridgehead atoms. The Bertz CT molecular complexity index is 477. The summed E-state index contributed by atoms with van der Waals surface area (Å²) in [7, 11) is 3.10. The highest BCUT2D eigenvalue weighted by molar-refractivity contribution is 5.78. The molecule has 6 nitrogen and oxygen atoms in total. The van der Waals surface area contributed by atoms with E-state index in [0.29, 0.717) is 30.2 Å². The average Bonchev–Trinajstić information content (AvgIpc) is 2.48. The highest BCUT2D eigenvalue weighted by Crippen LogP contribution is 2.30. The van der Waals surface area contributed by atoms with Crippen molar-refractivity contribution >= 4 is 5.91 Å². The van der Waals surface area contributed by atoms with Crippen LogP contribution in [0.1, 0.15) is 11.7 Å². The molecule has 20 heavy (non-hydrogen) atoms. The molecule has 1 aromatic rings. The quantitative estimate of drug-likeness (QED) is 0.856. The lowest BCUT2D eigenvalue weighted by molar-refractivity contribution is -0.144. The average molecular weight is 281 g/mol. The van der Waals surface area contributed by atoms with Crippen LogP contribution in [0.5, 0.6) is 11.5 Å². The molecule has 1 aliphatic rings. The summed E-state index contributed by atoms with van der Waals surface area (Å²) in [5.74, 6) is 1.09. The summed E-state index contributed by atoms with van der Waals surface area (Å²) in [6.45, 7) is 1.27. The molecule has 1 unspecified atom stereocenters. The van der Waals surface area contributed by atoms with Crippen LogP contribution in [0.4, 0.5) is 0 Å². The molecule has 1 atom stereocenters. The zero-order chi connectivity index (χ0) is 14.5. The van der Waals surface area contributed by atoms with Gasteiger partial charge in [0.2, 0.25) is 5.91 Å². The third-order valence-corrected chi connectivity index (χ3v) is 3.27. The lowest BCUT2D eigenvalue weighted by Gasteiger charge is -2.29. The molecule has 1 aliphatic heterocycles. The third-order valence-electron chi connectivity index (χ3n) is 3.27. The Kier molecular flexibility index (Phi) is 4.81. The predicted molar refractivity (Wildman–Crippen MR) is 71.9 cm³/mol. The van der Waals surface area contributed by atoms with E-state index in [-0.39, 0.29) is 19.1 Å². The van der Waals surface area contributed by atoms with E-state index in [1.807, 2.05) is 0 Å². The van der Waals surface area contributed by atoms with Gasteiger partial charge in [0.25, 0.3) is 0 Å². The lowest BCUT2D eigenvalue weighted by Crippen LogP contribution is -2.43. The maximum absolute atomic E-state index is 11.7. The summed E-state index contributed by atoms with van der Waals surface area (Å²) in [5.41, 5.74) is 0.603. The highest BCUT2D eigenvalue weighted by Gasteiger charge is 2.23. The summed E-state index contributed by atoms with van der Waals surface area (Å²) >= 11 is 0. The zero-order valence-corrected chi connectivity index (χ0v) is 11.7. The number of ether oxygens (including phenoxy) is 3. The first-order valence-electron chi connectivity index (χ1n) is 6.41. The largest absolute Gasteiger partial charge is 0.497 e. The van der Waals surface area contributed by atoms with Crippen molar-refractivity contribution in [3.8, 4) is 11.5 Å². The minimum atomic E-state index is -0.831. The van der Waals surface area contributed by atoms with Crippen LogP contribution in [0.25, 0.3) is 0 Å². The molecule has 1 N–H and O–H groups in total. The highest BCUT2D eigenvalue weighted by atomic mass is 16.5. The van der Waals surface area contributed by atoms with Gasteiger partial charge in [-0.1, -0.05) is 0 Å². The number of hydrogen-bond donors (Lipinski definition) is 1. The molecule has 1 amide bonds. The number of morpholine rings is 1. The Balaban J connectivity index is 2.14. The standard InChI is InChI=1S/C14H19NO5/c1-18-10-3-4-13(19-2)11(7-10)12(16)8-15-5-6-20-9-14(15)17/h3-4,7,12,16H,5-6,8-9H2,1-2H3. The second kappa shape index (κ2) is 6.58. The third kappa shape index (κ3) is 3.20. The van der Waals surface area contributed by atoms with Crippen molar-refractivity contribution in [1.29, 1.82) is 0 Å². The summed E-state index contributed by atoms with van der Waals surface area (Å²) < 4.78 is 15.4. The number of carbonyl (C=O) groups is 1. The predicted octanol–water partition coefficient (Wildman–Crippen LogP) is 0.596. The molecule has 0 saturated carbocycles. The van der Waals surface area contributed by atoms with Crippen molar-refractivity contribution in [2.45, 2.75) is 6.10 Å². The molecule has 110 valence electrons. The molecule has 2 rings (SSSR count). The zero-order valence-electron chi connectivity index (χ0n) is 11.7. The number of aliphatic hydroxyl groups is 1. The van der Waals surface area contributed by atoms with E-state index >= 15 is 0 Å². The molecule has 1 saturated heterocycles. The van der Waals surface area contributed by atoms with Gasteiger partial charge >= 0.3 is 0 Å². The fraction of sp³-hybridized carbons (Fsp3) is 0.500. The molecule has 1 heterocycles. The van der Waals surface area contributed by atoms with E-state index in [0.717, 1.165) is 0 Å². The Morgan fingerprint density at radius 3 is 2.85 bits per heavy atom. The monoisotopic (exact) mass is 281 g/mol. The van der Waals surface area contributed by atoms with E-state index < -0.39 is 6.10 Å². The number of methoxy groups -OCH3 is 2. The smallest absolute Gasteiger partial charge is 0.248 e. The van der Waals surface area contributed by atoms with Crippen LogP contribution < -0.4 is 9.47 Å². The van der Waals surface area contributed by atoms with Crippen LogP contribution in [0, 0.1) is 0 Å². The maximum atomic E-state index is 11.7. The van der Waals surface area contributed by atoms with Gasteiger partial charge in [0, 0.05) is 12.1 Å². The van der Waals surface area contributed by atoms with E-state index in [1.165, 1.54) is 7.11 Å². The summed E-state index contributed by atoms with van der Waals surface area (Å²) in [4.78, 5) is 13.3. The molecule has 1 fully saturated rings. The van der Waals surface area contributed by atoms with Crippen LogP contribution in [0.3, 0.4) is 0 Å². The number of carbonyl (C=O) groups excluding carboxylic acids is 1. The number of nitrogens with zero attached hydrogens (tertiary/aromatic N) is 1. The Morgan fingerprint density at radius 2 is 2.20 bits per heavy atom. The van der Waals surface area contributed by atoms with E-state index in [4.69, 9.17) is 14.2 Å². The number of β-amino-alcohol motifs (C(OH)–C–C–N with tert-alkyl or cyclic N) is 1. The van der Waals surface area contributed by atoms with E-state index in [9.17, 15) is 9.90 Å². The van der Waals surface area contributed by atoms with Gasteiger partial charge in [-0.15, -0.1) is 0 Å². The fourth-order valence-corrected chi connectivity index (χ4v) is 2.15. The van der Waals surface area contributed by atoms with Crippen molar-refractivity contribution in [3.05, 3.63) is 23.8 Å². The molecule has 6 heteroatoms. The number of rotatable bonds is 5. The number of amides is 1. The lowest BCUT2D eigenvalue weighted by atomic mass is 10.1. The fourth-order valence-electron chi connectivity index (χ4n) is 2.15. The van der Waals surface area contributed by atoms with Crippen molar-refractivity contribution in [3.63, 3.8) is 0 Å². The van der Waals surface area contributed by atoms with Gasteiger partial charge in [0.15, 0.2) is 0 Å². The van der Waals surface area contributed by atoms with E-state index in [1.54, 1.807) is 30.2 Å². The molecule has 0 radical (unpaired) electrons. The second-order valence-corrected chi connectivity index (χ2v) is 4.52. The van der Waals surface area contributed by atoms with Crippen molar-refractivity contribution < 1.29 is 24.1 Å². The summed E-state index contributed by atoms with van der Waals surface area (Å²) in [5, 5.41) is 10.4. The minimum Gasteiger partial charge on any atom is -0.497 e. The first kappa shape index (κ1) is 14.6. The number of aliphatic hydroxyl groups excluding tert-OH is 1. The second-order valence-electron chi connectivity index (χ2n) is 4.52. The maximum Gasteiger partial charge on any atom is 0.248 e. The van der Waals surface area contributed by atoms with Gasteiger partial charge in [-0.3, -0.25) is 4.79 Å². The Morgan fingerprint density at radius 1 is 1.40 bits per heavy atom. The Labute approximate surface area is 117 Å². The van der Waals surface area contributed by atoms with Crippen molar-refractivity contribution in [2.24, 2.45) is 0 Å². The first-order valence-corrected chi connectivity index (χ1v) is 6.41. The van der Waals surface area contributed by atoms with Crippen LogP contribution in [-0.4, -0.2) is 56.4 Å². The Hall–Kier alpha value is -1.79. The van der Waals surface area contributed by atoms with E-state index in [2.05, 4.69) is 0 Å². The number of hydrogen-bond acceptors (Lipinski definition) is 5. The molecule has 1 aromatic carbocycles. The summed E-state index contributed by atoms with van der Waals surface area (Å²) in [6, 6.07) is 5.21. The van der Waals surface area contributed by atoms with Crippen LogP contribution >= 0.6 is 0 Å². The molecular weight excluding hydrogens is 262 g/mol. The van der Waals surface area contributed by atoms with Crippen LogP contribution in [-0.2, 0) is 9.53 Å². The molecule has 0 aliphatic carbocycles. The first-order chi connectivity index (χ1) is 9.65. The van der Waals surface area contributed by atoms with Crippen molar-refractivity contribution in [2.75, 3.05) is 40.5 Å². The van der Waals surface area contributed by atoms with Gasteiger partial charge in [-0.05, 0) is 18.2 Å². The van der Waals surface area contributed by atoms with Gasteiger partial charge in [0.1, 0.15) is 24.2 Å². The van der Waals surface area contributed by atoms with Gasteiger partial charge in [-0.25, -0.2) is 0 Å². The van der Waals surface area contributed by atoms with Gasteiger partial charge in [-0.2, -0.15) is 0 Å². The van der Waals surface area contributed by atoms with Crippen LogP contribution in [0.15, 0.2) is 18.2 Å². The summed E-state index contributed by atoms with van der Waals surface area (Å²) in [6.07, 6.45) is -0.831. The molecule has 0 aromatic heterocycles. The topological polar surface area (TPSA) is 68.2 Å². The SMILES string of the molecule is COc1ccc(OC)c(C(O)CN2CCOCC2=O)c1. The molecule has 0 spiro atoms. The van der Waals surface area contributed by atoms with Crippen molar-refractivity contribution in [1.82, 2.24) is 4.90 Å². The van der Waals surface area contributed by atoms with Gasteiger partial charge in [0.05, 0.1) is 27.4 Å². The van der Waals surface area contributed by atoms with Crippen LogP contribution in [0.2, 0.25) is 0 Å². The molecular formula is C14H19NO5. The normalized spacial score (nSPS) is 16.9. The van der Waals surface area contributed by atoms with Gasteiger partial charge < -0.3 is 24.2 Å².